The molecule has 0 aliphatic carbocycles. The summed E-state index contributed by atoms with van der Waals surface area (Å²) >= 11 is 0. The number of amides is 1. The highest BCUT2D eigenvalue weighted by atomic mass is 16.2. The standard InChI is InChI=1S/C9H16N2O.H2/c1-5-9(4,6-10)11-8(12)7(2)3;/h7H,5H2,1-4H3,(H,11,12);1H. The predicted molar refractivity (Wildman–Crippen MR) is 49.4 cm³/mol. The largest absolute Gasteiger partial charge is 0.338 e. The molecule has 0 heterocycles. The summed E-state index contributed by atoms with van der Waals surface area (Å²) in [5, 5.41) is 11.4. The van der Waals surface area contributed by atoms with Gasteiger partial charge in [-0.25, -0.2) is 0 Å². The second-order valence-electron chi connectivity index (χ2n) is 3.44. The molecule has 0 saturated heterocycles. The molecular formula is C9H18N2O. The molecule has 3 nitrogen and oxygen atoms in total. The van der Waals surface area contributed by atoms with Gasteiger partial charge >= 0.3 is 0 Å². The number of hydrogen-bond acceptors (Lipinski definition) is 2. The van der Waals surface area contributed by atoms with Gasteiger partial charge in [0.1, 0.15) is 5.54 Å². The molecule has 70 valence electrons. The maximum Gasteiger partial charge on any atom is 0.223 e. The van der Waals surface area contributed by atoms with Crippen molar-refractivity contribution in [1.29, 1.82) is 5.26 Å². The SMILES string of the molecule is CCC(C)(C#N)NC(=O)C(C)C.[HH]. The van der Waals surface area contributed by atoms with Gasteiger partial charge in [-0.3, -0.25) is 4.79 Å². The van der Waals surface area contributed by atoms with E-state index in [0.29, 0.717) is 6.42 Å². The van der Waals surface area contributed by atoms with Gasteiger partial charge in [-0.15, -0.1) is 0 Å². The third-order valence-corrected chi connectivity index (χ3v) is 1.88. The Balaban J connectivity index is 0. The topological polar surface area (TPSA) is 52.9 Å². The molecule has 0 rings (SSSR count). The van der Waals surface area contributed by atoms with Crippen LogP contribution in [-0.4, -0.2) is 11.4 Å². The first-order valence-electron chi connectivity index (χ1n) is 4.18. The minimum atomic E-state index is -0.707. The first-order valence-corrected chi connectivity index (χ1v) is 4.18. The lowest BCUT2D eigenvalue weighted by molar-refractivity contribution is -0.125. The third kappa shape index (κ3) is 2.91. The molecule has 0 aromatic carbocycles. The monoisotopic (exact) mass is 170 g/mol. The van der Waals surface area contributed by atoms with E-state index in [-0.39, 0.29) is 13.3 Å². The van der Waals surface area contributed by atoms with Crippen molar-refractivity contribution < 1.29 is 6.22 Å². The zero-order valence-electron chi connectivity index (χ0n) is 8.14. The van der Waals surface area contributed by atoms with Crippen molar-refractivity contribution in [2.45, 2.75) is 39.7 Å². The number of nitriles is 1. The highest BCUT2D eigenvalue weighted by molar-refractivity contribution is 5.79. The summed E-state index contributed by atoms with van der Waals surface area (Å²) < 4.78 is 0. The predicted octanol–water partition coefficient (Wildman–Crippen LogP) is 1.70. The quantitative estimate of drug-likeness (QED) is 0.700. The molecule has 1 atom stereocenters. The fourth-order valence-electron chi connectivity index (χ4n) is 0.612. The number of nitrogens with zero attached hydrogens (tertiary/aromatic N) is 1. The number of rotatable bonds is 3. The Labute approximate surface area is 75.2 Å². The average molecular weight is 170 g/mol. The van der Waals surface area contributed by atoms with Gasteiger partial charge in [0, 0.05) is 7.34 Å². The van der Waals surface area contributed by atoms with Crippen molar-refractivity contribution in [3.05, 3.63) is 0 Å². The molecular weight excluding hydrogens is 152 g/mol. The molecule has 1 amide bonds. The van der Waals surface area contributed by atoms with Crippen LogP contribution in [0.2, 0.25) is 0 Å². The van der Waals surface area contributed by atoms with Gasteiger partial charge in [0.15, 0.2) is 0 Å². The van der Waals surface area contributed by atoms with E-state index in [2.05, 4.69) is 11.4 Å². The average Bonchev–Trinajstić information content (AvgIpc) is 2.04. The summed E-state index contributed by atoms with van der Waals surface area (Å²) in [6.45, 7) is 7.22. The lowest BCUT2D eigenvalue weighted by Gasteiger charge is -2.22. The van der Waals surface area contributed by atoms with Crippen LogP contribution in [0.4, 0.5) is 0 Å². The van der Waals surface area contributed by atoms with E-state index in [0.717, 1.165) is 0 Å². The summed E-state index contributed by atoms with van der Waals surface area (Å²) in [4.78, 5) is 11.2. The number of carbonyl (C=O) groups excluding carboxylic acids is 1. The van der Waals surface area contributed by atoms with Crippen molar-refractivity contribution in [1.82, 2.24) is 5.32 Å². The minimum Gasteiger partial charge on any atom is -0.338 e. The van der Waals surface area contributed by atoms with E-state index >= 15 is 0 Å². The van der Waals surface area contributed by atoms with Crippen LogP contribution in [0.15, 0.2) is 0 Å². The minimum absolute atomic E-state index is 0. The van der Waals surface area contributed by atoms with Crippen molar-refractivity contribution in [3.63, 3.8) is 0 Å². The van der Waals surface area contributed by atoms with E-state index < -0.39 is 5.54 Å². The molecule has 0 aliphatic rings. The summed E-state index contributed by atoms with van der Waals surface area (Å²) in [6.07, 6.45) is 0.627. The fourth-order valence-corrected chi connectivity index (χ4v) is 0.612. The number of hydrogen-bond donors (Lipinski definition) is 1. The van der Waals surface area contributed by atoms with E-state index in [9.17, 15) is 4.79 Å². The van der Waals surface area contributed by atoms with Crippen LogP contribution < -0.4 is 5.32 Å². The lowest BCUT2D eigenvalue weighted by atomic mass is 10.00. The molecule has 12 heavy (non-hydrogen) atoms. The van der Waals surface area contributed by atoms with Crippen LogP contribution >= 0.6 is 0 Å². The third-order valence-electron chi connectivity index (χ3n) is 1.88. The lowest BCUT2D eigenvalue weighted by Crippen LogP contribution is -2.45. The van der Waals surface area contributed by atoms with Gasteiger partial charge in [-0.2, -0.15) is 5.26 Å². The number of carbonyl (C=O) groups is 1. The van der Waals surface area contributed by atoms with Crippen LogP contribution in [0, 0.1) is 17.2 Å². The number of nitrogens with one attached hydrogen (secondary N) is 1. The highest BCUT2D eigenvalue weighted by Crippen LogP contribution is 2.08. The van der Waals surface area contributed by atoms with Gasteiger partial charge < -0.3 is 5.32 Å². The van der Waals surface area contributed by atoms with Crippen LogP contribution in [0.5, 0.6) is 0 Å². The second-order valence-corrected chi connectivity index (χ2v) is 3.44. The Kier molecular flexibility index (Phi) is 3.75. The van der Waals surface area contributed by atoms with Gasteiger partial charge in [0.2, 0.25) is 5.91 Å². The molecule has 1 N–H and O–H groups in total. The van der Waals surface area contributed by atoms with Crippen molar-refractivity contribution in [2.24, 2.45) is 5.92 Å². The second kappa shape index (κ2) is 4.10. The molecule has 0 aliphatic heterocycles. The molecule has 0 aromatic heterocycles. The summed E-state index contributed by atoms with van der Waals surface area (Å²) in [5.74, 6) is -0.134. The molecule has 3 heteroatoms. The zero-order valence-corrected chi connectivity index (χ0v) is 8.14. The van der Waals surface area contributed by atoms with Crippen LogP contribution in [-0.2, 0) is 4.79 Å². The summed E-state index contributed by atoms with van der Waals surface area (Å²) in [7, 11) is 0. The first-order chi connectivity index (χ1) is 5.45. The van der Waals surface area contributed by atoms with Crippen molar-refractivity contribution in [3.8, 4) is 6.07 Å². The van der Waals surface area contributed by atoms with Gasteiger partial charge in [0.25, 0.3) is 0 Å². The van der Waals surface area contributed by atoms with Crippen LogP contribution in [0.3, 0.4) is 0 Å². The van der Waals surface area contributed by atoms with Crippen molar-refractivity contribution in [2.75, 3.05) is 0 Å². The molecule has 0 spiro atoms. The van der Waals surface area contributed by atoms with E-state index in [1.807, 2.05) is 20.8 Å². The Morgan fingerprint density at radius 2 is 2.25 bits per heavy atom. The van der Waals surface area contributed by atoms with Crippen LogP contribution in [0.25, 0.3) is 0 Å². The van der Waals surface area contributed by atoms with E-state index in [4.69, 9.17) is 5.26 Å². The fraction of sp³-hybridized carbons (Fsp3) is 0.778. The molecule has 0 bridgehead atoms. The zero-order chi connectivity index (χ0) is 9.78. The normalized spacial score (nSPS) is 15.0. The summed E-state index contributed by atoms with van der Waals surface area (Å²) in [6, 6.07) is 2.08. The Bertz CT molecular complexity index is 210. The maximum absolute atomic E-state index is 11.2. The molecule has 0 aromatic rings. The van der Waals surface area contributed by atoms with Gasteiger partial charge in [-0.1, -0.05) is 20.8 Å². The molecule has 0 saturated carbocycles. The molecule has 0 fully saturated rings. The smallest absolute Gasteiger partial charge is 0.223 e. The van der Waals surface area contributed by atoms with Crippen molar-refractivity contribution >= 4 is 5.91 Å². The first kappa shape index (κ1) is 11.0. The Hall–Kier alpha value is -1.04. The Morgan fingerprint density at radius 3 is 2.50 bits per heavy atom. The molecule has 1 unspecified atom stereocenters. The Morgan fingerprint density at radius 1 is 1.75 bits per heavy atom. The van der Waals surface area contributed by atoms with Gasteiger partial charge in [0.05, 0.1) is 6.07 Å². The maximum atomic E-state index is 11.2. The molecule has 0 radical (unpaired) electrons. The highest BCUT2D eigenvalue weighted by Gasteiger charge is 2.24. The van der Waals surface area contributed by atoms with Crippen LogP contribution in [0.1, 0.15) is 35.5 Å². The van der Waals surface area contributed by atoms with E-state index in [1.165, 1.54) is 0 Å². The van der Waals surface area contributed by atoms with Gasteiger partial charge in [-0.05, 0) is 13.3 Å². The summed E-state index contributed by atoms with van der Waals surface area (Å²) in [5.41, 5.74) is -0.707. The van der Waals surface area contributed by atoms with E-state index in [1.54, 1.807) is 6.92 Å².